The first-order chi connectivity index (χ1) is 5.47. The molecule has 1 fully saturated rings. The molecule has 0 bridgehead atoms. The Kier molecular flexibility index (Phi) is 3.47. The molecule has 0 N–H and O–H groups in total. The van der Waals surface area contributed by atoms with Crippen molar-refractivity contribution in [3.05, 3.63) is 0 Å². The molecule has 0 radical (unpaired) electrons. The van der Waals surface area contributed by atoms with Crippen LogP contribution in [0.25, 0.3) is 0 Å². The fraction of sp³-hybridized carbons (Fsp3) is 1.00. The van der Waals surface area contributed by atoms with Crippen LogP contribution in [0.15, 0.2) is 0 Å². The second-order valence-electron chi connectivity index (χ2n) is 4.79. The molecule has 0 aromatic heterocycles. The molecule has 0 aromatic carbocycles. The summed E-state index contributed by atoms with van der Waals surface area (Å²) in [6, 6.07) is 0. The molecule has 12 heavy (non-hydrogen) atoms. The van der Waals surface area contributed by atoms with Crippen LogP contribution in [0.2, 0.25) is 0 Å². The first-order valence-electron chi connectivity index (χ1n) is 4.92. The van der Waals surface area contributed by atoms with Crippen molar-refractivity contribution in [3.8, 4) is 0 Å². The van der Waals surface area contributed by atoms with E-state index in [2.05, 4.69) is 38.3 Å². The predicted molar refractivity (Wildman–Crippen MR) is 57.9 cm³/mol. The zero-order valence-corrected chi connectivity index (χ0v) is 9.40. The summed E-state index contributed by atoms with van der Waals surface area (Å²) in [5, 5.41) is 0. The van der Waals surface area contributed by atoms with Crippen molar-refractivity contribution < 1.29 is 0 Å². The lowest BCUT2D eigenvalue weighted by Gasteiger charge is -2.34. The van der Waals surface area contributed by atoms with Crippen LogP contribution in [-0.4, -0.2) is 29.3 Å². The van der Waals surface area contributed by atoms with Gasteiger partial charge in [-0.15, -0.1) is 0 Å². The number of hydrogen-bond acceptors (Lipinski definition) is 2. The van der Waals surface area contributed by atoms with E-state index in [0.29, 0.717) is 0 Å². The smallest absolute Gasteiger partial charge is 0.0200 e. The Bertz CT molecular complexity index is 139. The highest BCUT2D eigenvalue weighted by atomic mass is 32.1. The largest absolute Gasteiger partial charge is 0.302 e. The lowest BCUT2D eigenvalue weighted by molar-refractivity contribution is 0.174. The minimum atomic E-state index is 0.164. The number of nitrogens with zero attached hydrogens (tertiary/aromatic N) is 1. The molecule has 2 heteroatoms. The third-order valence-electron chi connectivity index (χ3n) is 2.35. The van der Waals surface area contributed by atoms with Gasteiger partial charge < -0.3 is 4.90 Å². The maximum Gasteiger partial charge on any atom is 0.0200 e. The molecule has 0 saturated carbocycles. The Labute approximate surface area is 81.9 Å². The number of thiol groups is 1. The summed E-state index contributed by atoms with van der Waals surface area (Å²) in [5.74, 6) is 0.884. The van der Waals surface area contributed by atoms with Gasteiger partial charge in [-0.3, -0.25) is 0 Å². The minimum Gasteiger partial charge on any atom is -0.302 e. The maximum atomic E-state index is 4.55. The third kappa shape index (κ3) is 3.81. The second-order valence-corrected chi connectivity index (χ2v) is 6.01. The van der Waals surface area contributed by atoms with Crippen LogP contribution >= 0.6 is 12.6 Å². The topological polar surface area (TPSA) is 3.24 Å². The first-order valence-corrected chi connectivity index (χ1v) is 5.37. The van der Waals surface area contributed by atoms with Gasteiger partial charge >= 0.3 is 0 Å². The molecule has 0 amide bonds. The summed E-state index contributed by atoms with van der Waals surface area (Å²) in [6.07, 6.45) is 2.77. The molecule has 0 spiro atoms. The van der Waals surface area contributed by atoms with Crippen molar-refractivity contribution in [2.45, 2.75) is 38.4 Å². The van der Waals surface area contributed by atoms with E-state index < -0.39 is 0 Å². The highest BCUT2D eigenvalue weighted by molar-refractivity contribution is 7.81. The number of hydrogen-bond donors (Lipinski definition) is 1. The van der Waals surface area contributed by atoms with Gasteiger partial charge in [-0.05, 0) is 39.2 Å². The normalized spacial score (nSPS) is 27.5. The zero-order valence-electron chi connectivity index (χ0n) is 8.51. The Hall–Kier alpha value is 0.310. The van der Waals surface area contributed by atoms with Crippen LogP contribution < -0.4 is 0 Å². The zero-order chi connectivity index (χ0) is 9.19. The van der Waals surface area contributed by atoms with Crippen LogP contribution in [0.1, 0.15) is 33.6 Å². The Morgan fingerprint density at radius 1 is 1.50 bits per heavy atom. The number of likely N-dealkylation sites (tertiary alicyclic amines) is 1. The standard InChI is InChI=1S/C10H21NS/c1-9-5-4-6-11(7-9)8-10(2,3)12/h9,12H,4-8H2,1-3H3. The molecular weight excluding hydrogens is 166 g/mol. The minimum absolute atomic E-state index is 0.164. The molecule has 1 saturated heterocycles. The van der Waals surface area contributed by atoms with Crippen molar-refractivity contribution >= 4 is 12.6 Å². The highest BCUT2D eigenvalue weighted by Crippen LogP contribution is 2.20. The average Bonchev–Trinajstić information content (AvgIpc) is 1.82. The highest BCUT2D eigenvalue weighted by Gasteiger charge is 2.21. The van der Waals surface area contributed by atoms with Gasteiger partial charge in [0.15, 0.2) is 0 Å². The predicted octanol–water partition coefficient (Wildman–Crippen LogP) is 2.43. The van der Waals surface area contributed by atoms with E-state index in [1.807, 2.05) is 0 Å². The molecule has 1 atom stereocenters. The van der Waals surface area contributed by atoms with Crippen molar-refractivity contribution in [1.29, 1.82) is 0 Å². The monoisotopic (exact) mass is 187 g/mol. The van der Waals surface area contributed by atoms with Gasteiger partial charge in [-0.25, -0.2) is 0 Å². The summed E-state index contributed by atoms with van der Waals surface area (Å²) < 4.78 is 0.164. The van der Waals surface area contributed by atoms with Crippen LogP contribution in [0.4, 0.5) is 0 Å². The van der Waals surface area contributed by atoms with E-state index in [-0.39, 0.29) is 4.75 Å². The van der Waals surface area contributed by atoms with E-state index in [1.54, 1.807) is 0 Å². The van der Waals surface area contributed by atoms with Gasteiger partial charge in [-0.1, -0.05) is 6.92 Å². The molecule has 0 aromatic rings. The van der Waals surface area contributed by atoms with Crippen molar-refractivity contribution in [3.63, 3.8) is 0 Å². The van der Waals surface area contributed by atoms with E-state index in [4.69, 9.17) is 0 Å². The number of rotatable bonds is 2. The fourth-order valence-electron chi connectivity index (χ4n) is 1.98. The summed E-state index contributed by atoms with van der Waals surface area (Å²) in [6.45, 7) is 10.4. The van der Waals surface area contributed by atoms with Crippen molar-refractivity contribution in [1.82, 2.24) is 4.90 Å². The molecule has 1 heterocycles. The van der Waals surface area contributed by atoms with Gasteiger partial charge in [0.1, 0.15) is 0 Å². The van der Waals surface area contributed by atoms with E-state index >= 15 is 0 Å². The SMILES string of the molecule is CC1CCCN(CC(C)(C)S)C1. The first kappa shape index (κ1) is 10.4. The van der Waals surface area contributed by atoms with Crippen LogP contribution in [0.3, 0.4) is 0 Å². The van der Waals surface area contributed by atoms with E-state index in [1.165, 1.54) is 25.9 Å². The number of piperidine rings is 1. The van der Waals surface area contributed by atoms with Crippen molar-refractivity contribution in [2.24, 2.45) is 5.92 Å². The lowest BCUT2D eigenvalue weighted by atomic mass is 9.99. The summed E-state index contributed by atoms with van der Waals surface area (Å²) in [7, 11) is 0. The molecular formula is C10H21NS. The van der Waals surface area contributed by atoms with Gasteiger partial charge in [0.2, 0.25) is 0 Å². The third-order valence-corrected chi connectivity index (χ3v) is 2.49. The lowest BCUT2D eigenvalue weighted by Crippen LogP contribution is -2.41. The Morgan fingerprint density at radius 3 is 2.67 bits per heavy atom. The molecule has 1 aliphatic heterocycles. The fourth-order valence-corrected chi connectivity index (χ4v) is 2.18. The maximum absolute atomic E-state index is 4.55. The Morgan fingerprint density at radius 2 is 2.17 bits per heavy atom. The van der Waals surface area contributed by atoms with Crippen molar-refractivity contribution in [2.75, 3.05) is 19.6 Å². The molecule has 72 valence electrons. The van der Waals surface area contributed by atoms with E-state index in [9.17, 15) is 0 Å². The summed E-state index contributed by atoms with van der Waals surface area (Å²) >= 11 is 4.55. The molecule has 1 unspecified atom stereocenters. The summed E-state index contributed by atoms with van der Waals surface area (Å²) in [5.41, 5.74) is 0. The quantitative estimate of drug-likeness (QED) is 0.650. The van der Waals surface area contributed by atoms with Gasteiger partial charge in [0.05, 0.1) is 0 Å². The average molecular weight is 187 g/mol. The molecule has 1 aliphatic rings. The Balaban J connectivity index is 2.32. The van der Waals surface area contributed by atoms with E-state index in [0.717, 1.165) is 12.5 Å². The molecule has 1 nitrogen and oxygen atoms in total. The van der Waals surface area contributed by atoms with Crippen LogP contribution in [0.5, 0.6) is 0 Å². The van der Waals surface area contributed by atoms with Gasteiger partial charge in [-0.2, -0.15) is 12.6 Å². The molecule has 1 rings (SSSR count). The van der Waals surface area contributed by atoms with Crippen LogP contribution in [0, 0.1) is 5.92 Å². The van der Waals surface area contributed by atoms with Gasteiger partial charge in [0, 0.05) is 17.8 Å². The van der Waals surface area contributed by atoms with Gasteiger partial charge in [0.25, 0.3) is 0 Å². The summed E-state index contributed by atoms with van der Waals surface area (Å²) in [4.78, 5) is 2.54. The second kappa shape index (κ2) is 4.01. The van der Waals surface area contributed by atoms with Crippen LogP contribution in [-0.2, 0) is 0 Å². The molecule has 0 aliphatic carbocycles.